The van der Waals surface area contributed by atoms with Crippen LogP contribution in [0, 0.1) is 0 Å². The van der Waals surface area contributed by atoms with Crippen molar-refractivity contribution in [3.63, 3.8) is 0 Å². The molecule has 0 saturated heterocycles. The first-order valence-electron chi connectivity index (χ1n) is 6.83. The fourth-order valence-corrected chi connectivity index (χ4v) is 1.24. The summed E-state index contributed by atoms with van der Waals surface area (Å²) in [5, 5.41) is 0. The molecule has 0 fully saturated rings. The maximum Gasteiger partial charge on any atom is -0.0238 e. The fourth-order valence-electron chi connectivity index (χ4n) is 1.24. The summed E-state index contributed by atoms with van der Waals surface area (Å²) in [6.07, 6.45) is 7.77. The van der Waals surface area contributed by atoms with Crippen molar-refractivity contribution in [3.8, 4) is 0 Å². The molecule has 0 spiro atoms. The molecule has 0 amide bonds. The molecule has 0 saturated carbocycles. The van der Waals surface area contributed by atoms with Gasteiger partial charge in [-0.2, -0.15) is 0 Å². The molecular formula is C18H28. The Morgan fingerprint density at radius 1 is 1.06 bits per heavy atom. The number of rotatable bonds is 5. The Kier molecular flexibility index (Phi) is 16.1. The summed E-state index contributed by atoms with van der Waals surface area (Å²) in [5.74, 6) is 0. The molecule has 1 aromatic rings. The molecule has 1 rings (SSSR count). The number of hydrogen-bond acceptors (Lipinski definition) is 0. The summed E-state index contributed by atoms with van der Waals surface area (Å²) in [5.41, 5.74) is 2.51. The second kappa shape index (κ2) is 15.4. The van der Waals surface area contributed by atoms with Gasteiger partial charge in [0.1, 0.15) is 0 Å². The minimum absolute atomic E-state index is 1.01. The average Bonchev–Trinajstić information content (AvgIpc) is 2.48. The Hall–Kier alpha value is -1.56. The lowest BCUT2D eigenvalue weighted by molar-refractivity contribution is 0.969. The zero-order valence-corrected chi connectivity index (χ0v) is 12.4. The minimum Gasteiger partial charge on any atom is -0.0991 e. The molecule has 100 valence electrons. The lowest BCUT2D eigenvalue weighted by Crippen LogP contribution is -1.85. The molecule has 0 aliphatic carbocycles. The molecule has 0 aromatic heterocycles. The SMILES string of the molecule is C=C/C=C\C(=C)CCc1ccccc1.CC.CC. The standard InChI is InChI=1S/C14H16.2C2H6/c1-3-4-8-13(2)11-12-14-9-6-5-7-10-14;2*1-2/h3-10H,1-2,11-12H2;2*1-2H3/b8-4-;;. The summed E-state index contributed by atoms with van der Waals surface area (Å²) in [4.78, 5) is 0. The van der Waals surface area contributed by atoms with Crippen molar-refractivity contribution in [1.82, 2.24) is 0 Å². The average molecular weight is 244 g/mol. The van der Waals surface area contributed by atoms with Gasteiger partial charge in [-0.3, -0.25) is 0 Å². The molecule has 0 heterocycles. The Balaban J connectivity index is 0. The van der Waals surface area contributed by atoms with E-state index in [0.717, 1.165) is 18.4 Å². The van der Waals surface area contributed by atoms with Crippen LogP contribution in [0.5, 0.6) is 0 Å². The Morgan fingerprint density at radius 3 is 2.11 bits per heavy atom. The van der Waals surface area contributed by atoms with Crippen LogP contribution in [0.2, 0.25) is 0 Å². The van der Waals surface area contributed by atoms with Gasteiger partial charge in [0.05, 0.1) is 0 Å². The number of allylic oxidation sites excluding steroid dienone is 4. The van der Waals surface area contributed by atoms with Crippen molar-refractivity contribution < 1.29 is 0 Å². The normalized spacial score (nSPS) is 8.67. The van der Waals surface area contributed by atoms with Crippen LogP contribution in [0.15, 0.2) is 67.3 Å². The van der Waals surface area contributed by atoms with Gasteiger partial charge in [0.15, 0.2) is 0 Å². The van der Waals surface area contributed by atoms with E-state index in [1.807, 2.05) is 45.9 Å². The molecule has 0 nitrogen and oxygen atoms in total. The molecule has 0 aliphatic rings. The minimum atomic E-state index is 1.01. The summed E-state index contributed by atoms with van der Waals surface area (Å²) < 4.78 is 0. The molecule has 0 unspecified atom stereocenters. The lowest BCUT2D eigenvalue weighted by Gasteiger charge is -2.00. The van der Waals surface area contributed by atoms with Gasteiger partial charge in [-0.25, -0.2) is 0 Å². The van der Waals surface area contributed by atoms with Gasteiger partial charge in [-0.05, 0) is 18.4 Å². The highest BCUT2D eigenvalue weighted by molar-refractivity contribution is 5.21. The van der Waals surface area contributed by atoms with Crippen LogP contribution in [0.1, 0.15) is 39.7 Å². The first-order chi connectivity index (χ1) is 8.83. The third kappa shape index (κ3) is 10.9. The zero-order chi connectivity index (χ0) is 14.2. The maximum atomic E-state index is 3.97. The third-order valence-electron chi connectivity index (χ3n) is 2.05. The molecule has 18 heavy (non-hydrogen) atoms. The summed E-state index contributed by atoms with van der Waals surface area (Å²) >= 11 is 0. The largest absolute Gasteiger partial charge is 0.0991 e. The van der Waals surface area contributed by atoms with Crippen LogP contribution in [-0.2, 0) is 6.42 Å². The van der Waals surface area contributed by atoms with Crippen LogP contribution >= 0.6 is 0 Å². The smallest absolute Gasteiger partial charge is 0.0238 e. The van der Waals surface area contributed by atoms with Crippen LogP contribution in [0.3, 0.4) is 0 Å². The van der Waals surface area contributed by atoms with Gasteiger partial charge in [0.2, 0.25) is 0 Å². The maximum absolute atomic E-state index is 3.97. The third-order valence-corrected chi connectivity index (χ3v) is 2.05. The molecule has 0 N–H and O–H groups in total. The van der Waals surface area contributed by atoms with Crippen LogP contribution in [-0.4, -0.2) is 0 Å². The number of hydrogen-bond donors (Lipinski definition) is 0. The van der Waals surface area contributed by atoms with E-state index in [1.165, 1.54) is 5.56 Å². The van der Waals surface area contributed by atoms with E-state index in [0.29, 0.717) is 0 Å². The van der Waals surface area contributed by atoms with Crippen LogP contribution < -0.4 is 0 Å². The van der Waals surface area contributed by atoms with Crippen molar-refractivity contribution >= 4 is 0 Å². The van der Waals surface area contributed by atoms with E-state index in [9.17, 15) is 0 Å². The summed E-state index contributed by atoms with van der Waals surface area (Å²) in [6, 6.07) is 10.5. The van der Waals surface area contributed by atoms with Gasteiger partial charge >= 0.3 is 0 Å². The molecule has 0 bridgehead atoms. The van der Waals surface area contributed by atoms with Crippen LogP contribution in [0.4, 0.5) is 0 Å². The van der Waals surface area contributed by atoms with Crippen LogP contribution in [0.25, 0.3) is 0 Å². The van der Waals surface area contributed by atoms with Gasteiger partial charge in [0, 0.05) is 0 Å². The van der Waals surface area contributed by atoms with E-state index in [2.05, 4.69) is 37.4 Å². The predicted octanol–water partition coefficient (Wildman–Crippen LogP) is 5.97. The topological polar surface area (TPSA) is 0 Å². The van der Waals surface area contributed by atoms with E-state index in [4.69, 9.17) is 0 Å². The van der Waals surface area contributed by atoms with E-state index >= 15 is 0 Å². The Bertz CT molecular complexity index is 317. The quantitative estimate of drug-likeness (QED) is 0.560. The van der Waals surface area contributed by atoms with Crippen molar-refractivity contribution in [2.45, 2.75) is 40.5 Å². The summed E-state index contributed by atoms with van der Waals surface area (Å²) in [6.45, 7) is 15.6. The first kappa shape index (κ1) is 18.8. The van der Waals surface area contributed by atoms with Gasteiger partial charge in [0.25, 0.3) is 0 Å². The molecule has 0 radical (unpaired) electrons. The van der Waals surface area contributed by atoms with Gasteiger partial charge < -0.3 is 0 Å². The zero-order valence-electron chi connectivity index (χ0n) is 12.4. The number of benzene rings is 1. The second-order valence-corrected chi connectivity index (χ2v) is 3.24. The van der Waals surface area contributed by atoms with Gasteiger partial charge in [-0.15, -0.1) is 0 Å². The molecule has 1 aromatic carbocycles. The molecule has 0 aliphatic heterocycles. The predicted molar refractivity (Wildman–Crippen MR) is 85.9 cm³/mol. The highest BCUT2D eigenvalue weighted by atomic mass is 14.0. The van der Waals surface area contributed by atoms with Gasteiger partial charge in [-0.1, -0.05) is 95.0 Å². The van der Waals surface area contributed by atoms with Crippen molar-refractivity contribution in [2.24, 2.45) is 0 Å². The van der Waals surface area contributed by atoms with E-state index in [-0.39, 0.29) is 0 Å². The molecule has 0 atom stereocenters. The highest BCUT2D eigenvalue weighted by Gasteiger charge is 1.92. The summed E-state index contributed by atoms with van der Waals surface area (Å²) in [7, 11) is 0. The van der Waals surface area contributed by atoms with Crippen molar-refractivity contribution in [2.75, 3.05) is 0 Å². The monoisotopic (exact) mass is 244 g/mol. The molecule has 0 heteroatoms. The first-order valence-corrected chi connectivity index (χ1v) is 6.83. The Morgan fingerprint density at radius 2 is 1.61 bits per heavy atom. The fraction of sp³-hybridized carbons (Fsp3) is 0.333. The van der Waals surface area contributed by atoms with Crippen molar-refractivity contribution in [1.29, 1.82) is 0 Å². The Labute approximate surface area is 114 Å². The molecular weight excluding hydrogens is 216 g/mol. The van der Waals surface area contributed by atoms with E-state index in [1.54, 1.807) is 6.08 Å². The lowest BCUT2D eigenvalue weighted by atomic mass is 10.1. The highest BCUT2D eigenvalue weighted by Crippen LogP contribution is 2.08. The van der Waals surface area contributed by atoms with E-state index < -0.39 is 0 Å². The number of aryl methyl sites for hydroxylation is 1. The second-order valence-electron chi connectivity index (χ2n) is 3.24. The van der Waals surface area contributed by atoms with Crippen molar-refractivity contribution in [3.05, 3.63) is 72.9 Å².